The normalized spacial score (nSPS) is 21.8. The second-order valence-electron chi connectivity index (χ2n) is 6.56. The monoisotopic (exact) mass is 306 g/mol. The first-order chi connectivity index (χ1) is 10.4. The minimum Gasteiger partial charge on any atom is -0.387 e. The van der Waals surface area contributed by atoms with Crippen LogP contribution in [-0.2, 0) is 11.3 Å². The zero-order valence-corrected chi connectivity index (χ0v) is 13.7. The lowest BCUT2D eigenvalue weighted by atomic mass is 10.0. The van der Waals surface area contributed by atoms with Crippen molar-refractivity contribution in [2.24, 2.45) is 0 Å². The van der Waals surface area contributed by atoms with Gasteiger partial charge < -0.3 is 14.9 Å². The van der Waals surface area contributed by atoms with Gasteiger partial charge in [0.2, 0.25) is 5.91 Å². The molecule has 2 rings (SSSR count). The number of nitrogens with zero attached hydrogens (tertiary/aromatic N) is 4. The van der Waals surface area contributed by atoms with Gasteiger partial charge in [-0.3, -0.25) is 14.7 Å². The first-order valence-electron chi connectivity index (χ1n) is 7.60. The van der Waals surface area contributed by atoms with E-state index in [1.165, 1.54) is 0 Å². The van der Waals surface area contributed by atoms with Crippen LogP contribution in [0.3, 0.4) is 0 Å². The molecule has 2 heterocycles. The number of amides is 1. The highest BCUT2D eigenvalue weighted by atomic mass is 16.3. The van der Waals surface area contributed by atoms with Crippen molar-refractivity contribution in [3.8, 4) is 0 Å². The van der Waals surface area contributed by atoms with Crippen molar-refractivity contribution < 1.29 is 9.90 Å². The zero-order chi connectivity index (χ0) is 16.2. The lowest BCUT2D eigenvalue weighted by Gasteiger charge is -2.27. The molecule has 1 amide bonds. The Labute approximate surface area is 132 Å². The van der Waals surface area contributed by atoms with Crippen LogP contribution in [0.5, 0.6) is 0 Å². The Bertz CT molecular complexity index is 494. The van der Waals surface area contributed by atoms with Gasteiger partial charge in [0, 0.05) is 32.0 Å². The van der Waals surface area contributed by atoms with Crippen LogP contribution in [0.15, 0.2) is 24.5 Å². The molecule has 6 nitrogen and oxygen atoms in total. The smallest absolute Gasteiger partial charge is 0.236 e. The third-order valence-corrected chi connectivity index (χ3v) is 3.90. The molecule has 0 aromatic carbocycles. The van der Waals surface area contributed by atoms with E-state index in [9.17, 15) is 9.90 Å². The summed E-state index contributed by atoms with van der Waals surface area (Å²) in [5.41, 5.74) is 0.360. The fourth-order valence-corrected chi connectivity index (χ4v) is 2.97. The summed E-state index contributed by atoms with van der Waals surface area (Å²) in [4.78, 5) is 22.1. The highest BCUT2D eigenvalue weighted by Crippen LogP contribution is 2.22. The van der Waals surface area contributed by atoms with Crippen LogP contribution in [0.4, 0.5) is 0 Å². The Hall–Kier alpha value is -1.50. The van der Waals surface area contributed by atoms with Crippen molar-refractivity contribution in [1.29, 1.82) is 0 Å². The van der Waals surface area contributed by atoms with Crippen molar-refractivity contribution in [3.63, 3.8) is 0 Å². The largest absolute Gasteiger partial charge is 0.387 e. The third kappa shape index (κ3) is 4.76. The van der Waals surface area contributed by atoms with E-state index < -0.39 is 5.60 Å². The van der Waals surface area contributed by atoms with E-state index in [1.807, 2.05) is 43.1 Å². The number of aromatic nitrogens is 1. The van der Waals surface area contributed by atoms with Gasteiger partial charge in [0.15, 0.2) is 0 Å². The fraction of sp³-hybridized carbons (Fsp3) is 0.625. The predicted octanol–water partition coefficient (Wildman–Crippen LogP) is 0.0384. The minimum absolute atomic E-state index is 0.0752. The summed E-state index contributed by atoms with van der Waals surface area (Å²) in [6, 6.07) is 3.90. The Kier molecular flexibility index (Phi) is 5.50. The van der Waals surface area contributed by atoms with Crippen LogP contribution in [0.1, 0.15) is 12.0 Å². The molecular formula is C16H26N4O2. The van der Waals surface area contributed by atoms with Crippen LogP contribution in [0.25, 0.3) is 0 Å². The third-order valence-electron chi connectivity index (χ3n) is 3.90. The summed E-state index contributed by atoms with van der Waals surface area (Å²) in [6.07, 6.45) is 4.16. The van der Waals surface area contributed by atoms with Crippen LogP contribution < -0.4 is 0 Å². The van der Waals surface area contributed by atoms with Gasteiger partial charge in [0.05, 0.1) is 18.7 Å². The Balaban J connectivity index is 1.83. The molecule has 1 aromatic rings. The highest BCUT2D eigenvalue weighted by Gasteiger charge is 2.38. The maximum atomic E-state index is 12.4. The van der Waals surface area contributed by atoms with Crippen molar-refractivity contribution >= 4 is 5.91 Å². The molecule has 1 aliphatic rings. The van der Waals surface area contributed by atoms with E-state index in [0.29, 0.717) is 39.1 Å². The van der Waals surface area contributed by atoms with Crippen LogP contribution in [-0.4, -0.2) is 83.6 Å². The molecule has 0 aliphatic carbocycles. The fourth-order valence-electron chi connectivity index (χ4n) is 2.97. The number of rotatable bonds is 6. The molecule has 1 N–H and O–H groups in total. The second-order valence-corrected chi connectivity index (χ2v) is 6.56. The average Bonchev–Trinajstić information content (AvgIpc) is 2.81. The molecule has 1 fully saturated rings. The molecule has 22 heavy (non-hydrogen) atoms. The van der Waals surface area contributed by atoms with Crippen molar-refractivity contribution in [2.75, 3.05) is 47.3 Å². The van der Waals surface area contributed by atoms with Crippen LogP contribution >= 0.6 is 0 Å². The molecule has 1 atom stereocenters. The molecular weight excluding hydrogens is 280 g/mol. The van der Waals surface area contributed by atoms with E-state index >= 15 is 0 Å². The van der Waals surface area contributed by atoms with Gasteiger partial charge in [-0.15, -0.1) is 0 Å². The Morgan fingerprint density at radius 3 is 2.68 bits per heavy atom. The first-order valence-corrected chi connectivity index (χ1v) is 7.60. The number of likely N-dealkylation sites (tertiary alicyclic amines) is 1. The molecule has 1 aliphatic heterocycles. The van der Waals surface area contributed by atoms with E-state index in [0.717, 1.165) is 5.56 Å². The molecule has 1 saturated heterocycles. The summed E-state index contributed by atoms with van der Waals surface area (Å²) in [5, 5.41) is 10.5. The highest BCUT2D eigenvalue weighted by molar-refractivity contribution is 5.78. The zero-order valence-electron chi connectivity index (χ0n) is 13.7. The van der Waals surface area contributed by atoms with E-state index in [4.69, 9.17) is 0 Å². The number of aliphatic hydroxyl groups is 1. The summed E-state index contributed by atoms with van der Waals surface area (Å²) in [6.45, 7) is 2.72. The van der Waals surface area contributed by atoms with E-state index in [-0.39, 0.29) is 5.91 Å². The van der Waals surface area contributed by atoms with Gasteiger partial charge >= 0.3 is 0 Å². The summed E-state index contributed by atoms with van der Waals surface area (Å²) >= 11 is 0. The molecule has 0 spiro atoms. The molecule has 122 valence electrons. The number of β-amino-alcohol motifs (C(OH)–C–C–N with tert-alkyl or cyclic N) is 1. The SMILES string of the molecule is CN(C)C[C@@]1(O)CCN(C(=O)CN(C)Cc2ccncc2)C1. The molecule has 0 unspecified atom stereocenters. The van der Waals surface area contributed by atoms with Crippen molar-refractivity contribution in [3.05, 3.63) is 30.1 Å². The number of hydrogen-bond acceptors (Lipinski definition) is 5. The Morgan fingerprint density at radius 2 is 2.05 bits per heavy atom. The number of likely N-dealkylation sites (N-methyl/N-ethyl adjacent to an activating group) is 2. The summed E-state index contributed by atoms with van der Waals surface area (Å²) in [5.74, 6) is 0.0752. The lowest BCUT2D eigenvalue weighted by molar-refractivity contribution is -0.132. The molecule has 0 radical (unpaired) electrons. The Morgan fingerprint density at radius 1 is 1.36 bits per heavy atom. The lowest BCUT2D eigenvalue weighted by Crippen LogP contribution is -2.45. The van der Waals surface area contributed by atoms with E-state index in [1.54, 1.807) is 17.3 Å². The second kappa shape index (κ2) is 7.17. The van der Waals surface area contributed by atoms with Crippen molar-refractivity contribution in [1.82, 2.24) is 19.7 Å². The molecule has 6 heteroatoms. The van der Waals surface area contributed by atoms with Crippen LogP contribution in [0.2, 0.25) is 0 Å². The van der Waals surface area contributed by atoms with Gasteiger partial charge in [0.1, 0.15) is 0 Å². The van der Waals surface area contributed by atoms with E-state index in [2.05, 4.69) is 4.98 Å². The standard InChI is InChI=1S/C16H26N4O2/c1-18(2)12-16(22)6-9-20(13-16)15(21)11-19(3)10-14-4-7-17-8-5-14/h4-5,7-8,22H,6,9-13H2,1-3H3/t16-/m0/s1. The molecule has 0 bridgehead atoms. The van der Waals surface area contributed by atoms with Gasteiger partial charge in [0.25, 0.3) is 0 Å². The van der Waals surface area contributed by atoms with Gasteiger partial charge in [-0.2, -0.15) is 0 Å². The number of carbonyl (C=O) groups excluding carboxylic acids is 1. The first kappa shape index (κ1) is 16.9. The van der Waals surface area contributed by atoms with Gasteiger partial charge in [-0.25, -0.2) is 0 Å². The van der Waals surface area contributed by atoms with Gasteiger partial charge in [-0.05, 0) is 45.3 Å². The quantitative estimate of drug-likeness (QED) is 0.804. The average molecular weight is 306 g/mol. The topological polar surface area (TPSA) is 59.9 Å². The summed E-state index contributed by atoms with van der Waals surface area (Å²) < 4.78 is 0. The van der Waals surface area contributed by atoms with Crippen LogP contribution in [0, 0.1) is 0 Å². The number of pyridine rings is 1. The van der Waals surface area contributed by atoms with Gasteiger partial charge in [-0.1, -0.05) is 0 Å². The summed E-state index contributed by atoms with van der Waals surface area (Å²) in [7, 11) is 5.80. The predicted molar refractivity (Wildman–Crippen MR) is 85.3 cm³/mol. The molecule has 1 aromatic heterocycles. The van der Waals surface area contributed by atoms with Crippen molar-refractivity contribution in [2.45, 2.75) is 18.6 Å². The maximum absolute atomic E-state index is 12.4. The maximum Gasteiger partial charge on any atom is 0.236 e. The minimum atomic E-state index is -0.775. The number of carbonyl (C=O) groups is 1. The molecule has 0 saturated carbocycles. The number of hydrogen-bond donors (Lipinski definition) is 1.